The van der Waals surface area contributed by atoms with E-state index in [2.05, 4.69) is 66.3 Å². The molecule has 0 aliphatic heterocycles. The molecule has 0 spiro atoms. The molecule has 1 fully saturated rings. The van der Waals surface area contributed by atoms with E-state index >= 15 is 0 Å². The van der Waals surface area contributed by atoms with Crippen molar-refractivity contribution in [3.63, 3.8) is 0 Å². The van der Waals surface area contributed by atoms with Crippen LogP contribution in [0.15, 0.2) is 28.7 Å². The fourth-order valence-electron chi connectivity index (χ4n) is 2.26. The third kappa shape index (κ3) is 3.93. The maximum atomic E-state index is 4.94. The first-order valence-corrected chi connectivity index (χ1v) is 9.04. The van der Waals surface area contributed by atoms with Crippen LogP contribution in [-0.4, -0.2) is 10.5 Å². The van der Waals surface area contributed by atoms with Crippen LogP contribution in [0.2, 0.25) is 0 Å². The predicted octanol–water partition coefficient (Wildman–Crippen LogP) is 5.34. The lowest BCUT2D eigenvalue weighted by Gasteiger charge is -2.20. The molecule has 1 N–H and O–H groups in total. The molecule has 1 saturated carbocycles. The Hall–Kier alpha value is -0.710. The number of hydrogen-bond acceptors (Lipinski definition) is 3. The van der Waals surface area contributed by atoms with Crippen LogP contribution in [0.4, 0.5) is 0 Å². The molecule has 0 bridgehead atoms. The molecular formula is C17H21BrN2S. The molecule has 1 heterocycles. The molecule has 4 heteroatoms. The Labute approximate surface area is 139 Å². The van der Waals surface area contributed by atoms with Gasteiger partial charge in [-0.25, -0.2) is 4.98 Å². The van der Waals surface area contributed by atoms with Crippen molar-refractivity contribution in [1.29, 1.82) is 0 Å². The molecule has 0 radical (unpaired) electrons. The summed E-state index contributed by atoms with van der Waals surface area (Å²) in [5.74, 6) is 0.693. The molecule has 21 heavy (non-hydrogen) atoms. The molecule has 112 valence electrons. The molecule has 1 aliphatic carbocycles. The van der Waals surface area contributed by atoms with Gasteiger partial charge in [0.15, 0.2) is 0 Å². The van der Waals surface area contributed by atoms with Gasteiger partial charge in [-0.3, -0.25) is 0 Å². The number of benzene rings is 1. The minimum absolute atomic E-state index is 0.140. The SMILES string of the molecule is CC(C)(C)NCc1sc(-c2cccc(Br)c2)nc1C1CC1. The summed E-state index contributed by atoms with van der Waals surface area (Å²) >= 11 is 5.38. The fourth-order valence-corrected chi connectivity index (χ4v) is 3.74. The Balaban J connectivity index is 1.89. The lowest BCUT2D eigenvalue weighted by molar-refractivity contribution is 0.425. The zero-order chi connectivity index (χ0) is 15.0. The maximum Gasteiger partial charge on any atom is 0.123 e. The smallest absolute Gasteiger partial charge is 0.123 e. The van der Waals surface area contributed by atoms with Crippen molar-refractivity contribution in [3.8, 4) is 10.6 Å². The number of aromatic nitrogens is 1. The van der Waals surface area contributed by atoms with E-state index < -0.39 is 0 Å². The summed E-state index contributed by atoms with van der Waals surface area (Å²) in [4.78, 5) is 6.35. The first-order chi connectivity index (χ1) is 9.92. The van der Waals surface area contributed by atoms with Gasteiger partial charge >= 0.3 is 0 Å². The number of hydrogen-bond donors (Lipinski definition) is 1. The largest absolute Gasteiger partial charge is 0.307 e. The van der Waals surface area contributed by atoms with Gasteiger partial charge < -0.3 is 5.32 Å². The standard InChI is InChI=1S/C17H21BrN2S/c1-17(2,3)19-10-14-15(11-7-8-11)20-16(21-14)12-5-4-6-13(18)9-12/h4-6,9,11,19H,7-8,10H2,1-3H3. The summed E-state index contributed by atoms with van der Waals surface area (Å²) in [5.41, 5.74) is 2.67. The zero-order valence-corrected chi connectivity index (χ0v) is 15.1. The Bertz CT molecular complexity index is 638. The number of nitrogens with zero attached hydrogens (tertiary/aromatic N) is 1. The van der Waals surface area contributed by atoms with Gasteiger partial charge in [-0.1, -0.05) is 28.1 Å². The van der Waals surface area contributed by atoms with Crippen molar-refractivity contribution in [3.05, 3.63) is 39.3 Å². The van der Waals surface area contributed by atoms with Gasteiger partial charge in [0.05, 0.1) is 5.69 Å². The summed E-state index contributed by atoms with van der Waals surface area (Å²) in [6.07, 6.45) is 2.59. The molecule has 2 nitrogen and oxygen atoms in total. The van der Waals surface area contributed by atoms with E-state index in [4.69, 9.17) is 4.98 Å². The van der Waals surface area contributed by atoms with Gasteiger partial charge in [0.2, 0.25) is 0 Å². The molecule has 3 rings (SSSR count). The second kappa shape index (κ2) is 5.82. The van der Waals surface area contributed by atoms with Crippen molar-refractivity contribution in [2.45, 2.75) is 51.6 Å². The Morgan fingerprint density at radius 1 is 1.33 bits per heavy atom. The second-order valence-corrected chi connectivity index (χ2v) is 8.71. The quantitative estimate of drug-likeness (QED) is 0.791. The van der Waals surface area contributed by atoms with E-state index in [1.807, 2.05) is 11.3 Å². The predicted molar refractivity (Wildman–Crippen MR) is 93.8 cm³/mol. The molecule has 1 aromatic heterocycles. The third-order valence-corrected chi connectivity index (χ3v) is 5.16. The van der Waals surface area contributed by atoms with Crippen molar-refractivity contribution >= 4 is 27.3 Å². The maximum absolute atomic E-state index is 4.94. The van der Waals surface area contributed by atoms with Crippen LogP contribution < -0.4 is 5.32 Å². The van der Waals surface area contributed by atoms with Crippen LogP contribution in [0, 0.1) is 0 Å². The van der Waals surface area contributed by atoms with Gasteiger partial charge in [0.25, 0.3) is 0 Å². The average molecular weight is 365 g/mol. The van der Waals surface area contributed by atoms with E-state index in [9.17, 15) is 0 Å². The highest BCUT2D eigenvalue weighted by molar-refractivity contribution is 9.10. The molecule has 1 aliphatic rings. The minimum atomic E-state index is 0.140. The van der Waals surface area contributed by atoms with E-state index in [1.165, 1.54) is 29.0 Å². The van der Waals surface area contributed by atoms with Crippen LogP contribution in [0.3, 0.4) is 0 Å². The van der Waals surface area contributed by atoms with Gasteiger partial charge in [-0.2, -0.15) is 0 Å². The monoisotopic (exact) mass is 364 g/mol. The summed E-state index contributed by atoms with van der Waals surface area (Å²) in [5, 5.41) is 4.74. The van der Waals surface area contributed by atoms with Crippen LogP contribution in [0.5, 0.6) is 0 Å². The lowest BCUT2D eigenvalue weighted by Crippen LogP contribution is -2.35. The summed E-state index contributed by atoms with van der Waals surface area (Å²) in [7, 11) is 0. The van der Waals surface area contributed by atoms with Crippen LogP contribution in [0.1, 0.15) is 50.1 Å². The second-order valence-electron chi connectivity index (χ2n) is 6.72. The molecule has 0 unspecified atom stereocenters. The highest BCUT2D eigenvalue weighted by Gasteiger charge is 2.30. The van der Waals surface area contributed by atoms with Crippen molar-refractivity contribution in [1.82, 2.24) is 10.3 Å². The summed E-state index contributed by atoms with van der Waals surface area (Å²) < 4.78 is 1.11. The Kier molecular flexibility index (Phi) is 4.21. The topological polar surface area (TPSA) is 24.9 Å². The molecular weight excluding hydrogens is 344 g/mol. The molecule has 0 saturated heterocycles. The molecule has 2 aromatic rings. The van der Waals surface area contributed by atoms with Crippen molar-refractivity contribution in [2.75, 3.05) is 0 Å². The lowest BCUT2D eigenvalue weighted by atomic mass is 10.1. The van der Waals surface area contributed by atoms with Crippen LogP contribution >= 0.6 is 27.3 Å². The van der Waals surface area contributed by atoms with Crippen molar-refractivity contribution in [2.24, 2.45) is 0 Å². The number of rotatable bonds is 4. The highest BCUT2D eigenvalue weighted by atomic mass is 79.9. The zero-order valence-electron chi connectivity index (χ0n) is 12.7. The fraction of sp³-hybridized carbons (Fsp3) is 0.471. The number of halogens is 1. The summed E-state index contributed by atoms with van der Waals surface area (Å²) in [6, 6.07) is 8.42. The molecule has 0 atom stereocenters. The average Bonchev–Trinajstić information content (AvgIpc) is 3.15. The van der Waals surface area contributed by atoms with E-state index in [1.54, 1.807) is 0 Å². The Morgan fingerprint density at radius 2 is 2.10 bits per heavy atom. The highest BCUT2D eigenvalue weighted by Crippen LogP contribution is 2.44. The number of thiazole rings is 1. The van der Waals surface area contributed by atoms with Gasteiger partial charge in [-0.15, -0.1) is 11.3 Å². The van der Waals surface area contributed by atoms with E-state index in [0.717, 1.165) is 16.0 Å². The first-order valence-electron chi connectivity index (χ1n) is 7.43. The molecule has 0 amide bonds. The Morgan fingerprint density at radius 3 is 2.71 bits per heavy atom. The van der Waals surface area contributed by atoms with Crippen molar-refractivity contribution < 1.29 is 0 Å². The number of nitrogens with one attached hydrogen (secondary N) is 1. The minimum Gasteiger partial charge on any atom is -0.307 e. The van der Waals surface area contributed by atoms with E-state index in [-0.39, 0.29) is 5.54 Å². The first kappa shape index (κ1) is 15.2. The summed E-state index contributed by atoms with van der Waals surface area (Å²) in [6.45, 7) is 7.54. The molecule has 1 aromatic carbocycles. The van der Waals surface area contributed by atoms with Gasteiger partial charge in [0.1, 0.15) is 5.01 Å². The van der Waals surface area contributed by atoms with Gasteiger partial charge in [0, 0.05) is 32.9 Å². The van der Waals surface area contributed by atoms with Crippen LogP contribution in [0.25, 0.3) is 10.6 Å². The van der Waals surface area contributed by atoms with Crippen LogP contribution in [-0.2, 0) is 6.54 Å². The van der Waals surface area contributed by atoms with Gasteiger partial charge in [-0.05, 0) is 45.7 Å². The normalized spacial score (nSPS) is 15.4. The van der Waals surface area contributed by atoms with E-state index in [0.29, 0.717) is 5.92 Å². The third-order valence-electron chi connectivity index (χ3n) is 3.54.